The van der Waals surface area contributed by atoms with Crippen molar-refractivity contribution in [2.45, 2.75) is 134 Å². The second-order valence-electron chi connectivity index (χ2n) is 7.81. The van der Waals surface area contributed by atoms with Crippen LogP contribution in [0, 0.1) is 0 Å². The Hall–Kier alpha value is 0.870. The zero-order chi connectivity index (χ0) is 19.7. The van der Waals surface area contributed by atoms with E-state index in [4.69, 9.17) is 0 Å². The molecule has 158 valence electrons. The SMILES string of the molecule is CCCCCCCCC(CCCCCCC(O)CCCCC)S(=O)(=O)[O-].[Na+]. The average Bonchev–Trinajstić information content (AvgIpc) is 2.58. The molecule has 0 bridgehead atoms. The maximum atomic E-state index is 11.4. The van der Waals surface area contributed by atoms with Crippen molar-refractivity contribution < 1.29 is 47.6 Å². The molecule has 0 radical (unpaired) electrons. The first-order valence-electron chi connectivity index (χ1n) is 11.0. The molecule has 6 heteroatoms. The van der Waals surface area contributed by atoms with Crippen LogP contribution in [0.4, 0.5) is 0 Å². The number of aliphatic hydroxyl groups is 1. The van der Waals surface area contributed by atoms with Gasteiger partial charge in [-0.3, -0.25) is 0 Å². The van der Waals surface area contributed by atoms with E-state index in [0.717, 1.165) is 64.2 Å². The van der Waals surface area contributed by atoms with Gasteiger partial charge in [-0.15, -0.1) is 0 Å². The molecule has 0 saturated carbocycles. The molecule has 0 heterocycles. The monoisotopic (exact) mass is 414 g/mol. The van der Waals surface area contributed by atoms with Crippen LogP contribution < -0.4 is 29.6 Å². The average molecular weight is 415 g/mol. The second kappa shape index (κ2) is 20.2. The molecule has 0 rings (SSSR count). The van der Waals surface area contributed by atoms with E-state index in [-0.39, 0.29) is 35.7 Å². The minimum absolute atomic E-state index is 0. The molecule has 0 aromatic heterocycles. The van der Waals surface area contributed by atoms with Gasteiger partial charge in [0.15, 0.2) is 0 Å². The van der Waals surface area contributed by atoms with Gasteiger partial charge in [-0.2, -0.15) is 0 Å². The Morgan fingerprint density at radius 2 is 1.00 bits per heavy atom. The molecule has 0 aromatic carbocycles. The third kappa shape index (κ3) is 19.9. The van der Waals surface area contributed by atoms with Crippen LogP contribution in [-0.2, 0) is 10.1 Å². The zero-order valence-electron chi connectivity index (χ0n) is 18.3. The third-order valence-corrected chi connectivity index (χ3v) is 6.53. The molecule has 0 aliphatic carbocycles. The van der Waals surface area contributed by atoms with Gasteiger partial charge in [0.05, 0.1) is 16.2 Å². The topological polar surface area (TPSA) is 77.4 Å². The summed E-state index contributed by atoms with van der Waals surface area (Å²) in [5.41, 5.74) is 0. The van der Waals surface area contributed by atoms with Gasteiger partial charge in [-0.25, -0.2) is 8.42 Å². The number of rotatable bonds is 19. The largest absolute Gasteiger partial charge is 1.00 e. The molecule has 0 aliphatic heterocycles. The minimum atomic E-state index is -4.17. The van der Waals surface area contributed by atoms with Gasteiger partial charge in [-0.1, -0.05) is 97.3 Å². The molecule has 0 fully saturated rings. The number of aliphatic hydroxyl groups excluding tert-OH is 1. The first-order valence-corrected chi connectivity index (χ1v) is 12.5. The van der Waals surface area contributed by atoms with Crippen LogP contribution in [0.3, 0.4) is 0 Å². The van der Waals surface area contributed by atoms with Crippen molar-refractivity contribution in [3.8, 4) is 0 Å². The molecule has 0 aliphatic rings. The third-order valence-electron chi connectivity index (χ3n) is 5.24. The molecule has 0 spiro atoms. The molecule has 0 saturated heterocycles. The van der Waals surface area contributed by atoms with E-state index in [1.807, 2.05) is 0 Å². The van der Waals surface area contributed by atoms with E-state index >= 15 is 0 Å². The number of hydrogen-bond donors (Lipinski definition) is 1. The van der Waals surface area contributed by atoms with Gasteiger partial charge in [0, 0.05) is 5.25 Å². The van der Waals surface area contributed by atoms with Gasteiger partial charge in [-0.05, 0) is 25.7 Å². The van der Waals surface area contributed by atoms with Gasteiger partial charge in [0.2, 0.25) is 0 Å². The Morgan fingerprint density at radius 1 is 0.667 bits per heavy atom. The summed E-state index contributed by atoms with van der Waals surface area (Å²) in [4.78, 5) is 0. The molecule has 4 nitrogen and oxygen atoms in total. The van der Waals surface area contributed by atoms with E-state index in [0.29, 0.717) is 12.8 Å². The van der Waals surface area contributed by atoms with Crippen molar-refractivity contribution in [2.75, 3.05) is 0 Å². The van der Waals surface area contributed by atoms with Crippen molar-refractivity contribution in [2.24, 2.45) is 0 Å². The molecule has 2 atom stereocenters. The summed E-state index contributed by atoms with van der Waals surface area (Å²) >= 11 is 0. The smallest absolute Gasteiger partial charge is 0.748 e. The fourth-order valence-corrected chi connectivity index (χ4v) is 4.38. The summed E-state index contributed by atoms with van der Waals surface area (Å²) < 4.78 is 34.3. The van der Waals surface area contributed by atoms with E-state index in [1.165, 1.54) is 32.1 Å². The van der Waals surface area contributed by atoms with Gasteiger partial charge >= 0.3 is 29.6 Å². The predicted octanol–water partition coefficient (Wildman–Crippen LogP) is 2.94. The second-order valence-corrected chi connectivity index (χ2v) is 9.46. The Labute approximate surface area is 191 Å². The van der Waals surface area contributed by atoms with Crippen LogP contribution >= 0.6 is 0 Å². The summed E-state index contributed by atoms with van der Waals surface area (Å²) in [6.07, 6.45) is 16.4. The summed E-state index contributed by atoms with van der Waals surface area (Å²) in [7, 11) is -4.17. The Kier molecular flexibility index (Phi) is 22.4. The van der Waals surface area contributed by atoms with Gasteiger partial charge in [0.1, 0.15) is 0 Å². The molecule has 0 amide bonds. The Morgan fingerprint density at radius 3 is 1.44 bits per heavy atom. The fraction of sp³-hybridized carbons (Fsp3) is 1.00. The molecular weight excluding hydrogens is 371 g/mol. The first-order chi connectivity index (χ1) is 12.4. The van der Waals surface area contributed by atoms with Crippen LogP contribution in [0.25, 0.3) is 0 Å². The van der Waals surface area contributed by atoms with Crippen molar-refractivity contribution in [1.29, 1.82) is 0 Å². The normalized spacial score (nSPS) is 13.9. The summed E-state index contributed by atoms with van der Waals surface area (Å²) in [6.45, 7) is 4.33. The molecular formula is C21H43NaO4S. The standard InChI is InChI=1S/C21H44O4S.Na/c1-3-5-7-8-9-14-18-21(26(23,24)25)19-15-11-10-13-17-20(22)16-12-6-4-2;/h20-22H,3-19H2,1-2H3,(H,23,24,25);/q;+1/p-1. The molecule has 0 aromatic rings. The van der Waals surface area contributed by atoms with Crippen molar-refractivity contribution in [1.82, 2.24) is 0 Å². The van der Waals surface area contributed by atoms with E-state index in [1.54, 1.807) is 0 Å². The summed E-state index contributed by atoms with van der Waals surface area (Å²) in [5.74, 6) is 0. The van der Waals surface area contributed by atoms with Crippen LogP contribution in [-0.4, -0.2) is 29.4 Å². The van der Waals surface area contributed by atoms with Crippen molar-refractivity contribution >= 4 is 10.1 Å². The van der Waals surface area contributed by atoms with Crippen molar-refractivity contribution in [3.05, 3.63) is 0 Å². The fourth-order valence-electron chi connectivity index (χ4n) is 3.47. The van der Waals surface area contributed by atoms with Crippen LogP contribution in [0.15, 0.2) is 0 Å². The van der Waals surface area contributed by atoms with Crippen molar-refractivity contribution in [3.63, 3.8) is 0 Å². The molecule has 27 heavy (non-hydrogen) atoms. The maximum absolute atomic E-state index is 11.4. The maximum Gasteiger partial charge on any atom is 1.00 e. The predicted molar refractivity (Wildman–Crippen MR) is 109 cm³/mol. The van der Waals surface area contributed by atoms with E-state index < -0.39 is 15.4 Å². The zero-order valence-corrected chi connectivity index (χ0v) is 21.1. The summed E-state index contributed by atoms with van der Waals surface area (Å²) in [6, 6.07) is 0. The number of hydrogen-bond acceptors (Lipinski definition) is 4. The van der Waals surface area contributed by atoms with Crippen LogP contribution in [0.1, 0.15) is 123 Å². The number of unbranched alkanes of at least 4 members (excludes halogenated alkanes) is 10. The van der Waals surface area contributed by atoms with Crippen LogP contribution in [0.2, 0.25) is 0 Å². The van der Waals surface area contributed by atoms with Crippen LogP contribution in [0.5, 0.6) is 0 Å². The van der Waals surface area contributed by atoms with E-state index in [2.05, 4.69) is 13.8 Å². The molecule has 2 unspecified atom stereocenters. The Balaban J connectivity index is 0. The summed E-state index contributed by atoms with van der Waals surface area (Å²) in [5, 5.41) is 9.18. The van der Waals surface area contributed by atoms with Gasteiger partial charge < -0.3 is 9.66 Å². The quantitative estimate of drug-likeness (QED) is 0.200. The van der Waals surface area contributed by atoms with Gasteiger partial charge in [0.25, 0.3) is 0 Å². The Bertz CT molecular complexity index is 401. The van der Waals surface area contributed by atoms with E-state index in [9.17, 15) is 18.1 Å². The minimum Gasteiger partial charge on any atom is -0.748 e. The first kappa shape index (κ1) is 30.1. The molecule has 1 N–H and O–H groups in total.